The SMILES string of the molecule is CSC(C)CNC(=O)c1c(O)cccc1F. The summed E-state index contributed by atoms with van der Waals surface area (Å²) >= 11 is 1.60. The average molecular weight is 243 g/mol. The van der Waals surface area contributed by atoms with Gasteiger partial charge in [-0.05, 0) is 18.4 Å². The highest BCUT2D eigenvalue weighted by molar-refractivity contribution is 7.99. The standard InChI is InChI=1S/C11H14FNO2S/c1-7(16-2)6-13-11(15)10-8(12)4-3-5-9(10)14/h3-5,7,14H,6H2,1-2H3,(H,13,15). The van der Waals surface area contributed by atoms with Gasteiger partial charge in [-0.2, -0.15) is 11.8 Å². The van der Waals surface area contributed by atoms with Gasteiger partial charge in [-0.3, -0.25) is 4.79 Å². The Hall–Kier alpha value is -1.23. The zero-order valence-electron chi connectivity index (χ0n) is 9.16. The molecule has 0 spiro atoms. The normalized spacial score (nSPS) is 12.2. The topological polar surface area (TPSA) is 49.3 Å². The summed E-state index contributed by atoms with van der Waals surface area (Å²) in [5.74, 6) is -1.64. The van der Waals surface area contributed by atoms with Gasteiger partial charge in [-0.25, -0.2) is 4.39 Å². The summed E-state index contributed by atoms with van der Waals surface area (Å²) < 4.78 is 13.3. The lowest BCUT2D eigenvalue weighted by atomic mass is 10.1. The molecule has 0 aliphatic rings. The van der Waals surface area contributed by atoms with Gasteiger partial charge in [-0.1, -0.05) is 13.0 Å². The van der Waals surface area contributed by atoms with Gasteiger partial charge < -0.3 is 10.4 Å². The molecular weight excluding hydrogens is 229 g/mol. The number of amides is 1. The molecule has 0 radical (unpaired) electrons. The highest BCUT2D eigenvalue weighted by Crippen LogP contribution is 2.19. The maximum atomic E-state index is 13.3. The van der Waals surface area contributed by atoms with Crippen molar-refractivity contribution in [1.82, 2.24) is 5.32 Å². The number of phenols is 1. The zero-order valence-corrected chi connectivity index (χ0v) is 9.97. The third kappa shape index (κ3) is 3.13. The number of benzene rings is 1. The van der Waals surface area contributed by atoms with Gasteiger partial charge in [0.2, 0.25) is 0 Å². The fourth-order valence-corrected chi connectivity index (χ4v) is 1.40. The Morgan fingerprint density at radius 1 is 1.62 bits per heavy atom. The van der Waals surface area contributed by atoms with E-state index in [1.54, 1.807) is 11.8 Å². The predicted octanol–water partition coefficient (Wildman–Crippen LogP) is 2.01. The number of hydrogen-bond acceptors (Lipinski definition) is 3. The Bertz CT molecular complexity index is 364. The number of aromatic hydroxyl groups is 1. The van der Waals surface area contributed by atoms with Crippen LogP contribution in [0.3, 0.4) is 0 Å². The van der Waals surface area contributed by atoms with Crippen LogP contribution in [0.2, 0.25) is 0 Å². The lowest BCUT2D eigenvalue weighted by Gasteiger charge is -2.11. The van der Waals surface area contributed by atoms with E-state index in [2.05, 4.69) is 5.32 Å². The molecule has 0 saturated carbocycles. The van der Waals surface area contributed by atoms with E-state index in [-0.39, 0.29) is 16.6 Å². The molecule has 1 amide bonds. The molecule has 0 aromatic heterocycles. The Morgan fingerprint density at radius 3 is 2.88 bits per heavy atom. The highest BCUT2D eigenvalue weighted by Gasteiger charge is 2.16. The number of phenolic OH excluding ortho intramolecular Hbond substituents is 1. The van der Waals surface area contributed by atoms with Gasteiger partial charge in [-0.15, -0.1) is 0 Å². The van der Waals surface area contributed by atoms with Crippen molar-refractivity contribution in [1.29, 1.82) is 0 Å². The van der Waals surface area contributed by atoms with Crippen molar-refractivity contribution in [3.05, 3.63) is 29.6 Å². The van der Waals surface area contributed by atoms with Gasteiger partial charge in [0.25, 0.3) is 5.91 Å². The van der Waals surface area contributed by atoms with E-state index < -0.39 is 11.7 Å². The Morgan fingerprint density at radius 2 is 2.31 bits per heavy atom. The molecule has 16 heavy (non-hydrogen) atoms. The van der Waals surface area contributed by atoms with Crippen molar-refractivity contribution >= 4 is 17.7 Å². The van der Waals surface area contributed by atoms with Gasteiger partial charge in [0, 0.05) is 11.8 Å². The van der Waals surface area contributed by atoms with Crippen LogP contribution in [0.25, 0.3) is 0 Å². The number of carbonyl (C=O) groups is 1. The number of carbonyl (C=O) groups excluding carboxylic acids is 1. The minimum atomic E-state index is -0.714. The van der Waals surface area contributed by atoms with Crippen LogP contribution < -0.4 is 5.32 Å². The van der Waals surface area contributed by atoms with Crippen molar-refractivity contribution in [2.75, 3.05) is 12.8 Å². The molecule has 1 unspecified atom stereocenters. The molecule has 3 nitrogen and oxygen atoms in total. The number of thioether (sulfide) groups is 1. The highest BCUT2D eigenvalue weighted by atomic mass is 32.2. The molecule has 0 bridgehead atoms. The van der Waals surface area contributed by atoms with Gasteiger partial charge >= 0.3 is 0 Å². The van der Waals surface area contributed by atoms with Crippen LogP contribution in [-0.4, -0.2) is 29.1 Å². The molecule has 1 aromatic carbocycles. The largest absolute Gasteiger partial charge is 0.507 e. The summed E-state index contributed by atoms with van der Waals surface area (Å²) in [6, 6.07) is 3.79. The summed E-state index contributed by atoms with van der Waals surface area (Å²) in [6.07, 6.45) is 1.93. The lowest BCUT2D eigenvalue weighted by molar-refractivity contribution is 0.0947. The smallest absolute Gasteiger partial charge is 0.258 e. The van der Waals surface area contributed by atoms with E-state index in [0.29, 0.717) is 6.54 Å². The molecule has 1 atom stereocenters. The summed E-state index contributed by atoms with van der Waals surface area (Å²) in [4.78, 5) is 11.6. The van der Waals surface area contributed by atoms with Crippen LogP contribution in [0.5, 0.6) is 5.75 Å². The van der Waals surface area contributed by atoms with Crippen molar-refractivity contribution in [3.63, 3.8) is 0 Å². The van der Waals surface area contributed by atoms with Crippen LogP contribution in [0.4, 0.5) is 4.39 Å². The zero-order chi connectivity index (χ0) is 12.1. The minimum absolute atomic E-state index is 0.248. The second kappa shape index (κ2) is 5.75. The molecular formula is C11H14FNO2S. The van der Waals surface area contributed by atoms with Crippen LogP contribution in [0.1, 0.15) is 17.3 Å². The van der Waals surface area contributed by atoms with Crippen LogP contribution in [0.15, 0.2) is 18.2 Å². The molecule has 0 fully saturated rings. The third-order valence-corrected chi connectivity index (χ3v) is 3.14. The van der Waals surface area contributed by atoms with Crippen molar-refractivity contribution in [2.45, 2.75) is 12.2 Å². The van der Waals surface area contributed by atoms with E-state index in [1.165, 1.54) is 12.1 Å². The second-order valence-corrected chi connectivity index (χ2v) is 4.67. The summed E-state index contributed by atoms with van der Waals surface area (Å²) in [5.41, 5.74) is -0.296. The first-order valence-electron chi connectivity index (χ1n) is 4.84. The molecule has 88 valence electrons. The van der Waals surface area contributed by atoms with E-state index in [9.17, 15) is 14.3 Å². The summed E-state index contributed by atoms with van der Waals surface area (Å²) in [5, 5.41) is 12.2. The van der Waals surface area contributed by atoms with Crippen LogP contribution in [0, 0.1) is 5.82 Å². The molecule has 5 heteroatoms. The van der Waals surface area contributed by atoms with E-state index in [4.69, 9.17) is 0 Å². The molecule has 0 aliphatic carbocycles. The average Bonchev–Trinajstić information content (AvgIpc) is 2.25. The lowest BCUT2D eigenvalue weighted by Crippen LogP contribution is -2.30. The summed E-state index contributed by atoms with van der Waals surface area (Å²) in [6.45, 7) is 2.39. The Balaban J connectivity index is 2.73. The van der Waals surface area contributed by atoms with Gasteiger partial charge in [0.05, 0.1) is 0 Å². The van der Waals surface area contributed by atoms with Crippen molar-refractivity contribution in [2.24, 2.45) is 0 Å². The third-order valence-electron chi connectivity index (χ3n) is 2.17. The maximum absolute atomic E-state index is 13.3. The number of halogens is 1. The predicted molar refractivity (Wildman–Crippen MR) is 63.4 cm³/mol. The van der Waals surface area contributed by atoms with Gasteiger partial charge in [0.1, 0.15) is 17.1 Å². The molecule has 2 N–H and O–H groups in total. The Kier molecular flexibility index (Phi) is 4.61. The first-order valence-corrected chi connectivity index (χ1v) is 6.13. The van der Waals surface area contributed by atoms with E-state index in [0.717, 1.165) is 6.07 Å². The maximum Gasteiger partial charge on any atom is 0.258 e. The number of hydrogen-bond donors (Lipinski definition) is 2. The number of rotatable bonds is 4. The molecule has 0 aliphatic heterocycles. The fourth-order valence-electron chi connectivity index (χ4n) is 1.15. The van der Waals surface area contributed by atoms with Crippen LogP contribution in [-0.2, 0) is 0 Å². The van der Waals surface area contributed by atoms with Crippen LogP contribution >= 0.6 is 11.8 Å². The molecule has 1 aromatic rings. The van der Waals surface area contributed by atoms with Crippen molar-refractivity contribution in [3.8, 4) is 5.75 Å². The Labute approximate surface area is 98.1 Å². The van der Waals surface area contributed by atoms with Crippen molar-refractivity contribution < 1.29 is 14.3 Å². The first-order chi connectivity index (χ1) is 7.56. The fraction of sp³-hybridized carbons (Fsp3) is 0.364. The number of nitrogens with one attached hydrogen (secondary N) is 1. The monoisotopic (exact) mass is 243 g/mol. The first kappa shape index (κ1) is 12.8. The minimum Gasteiger partial charge on any atom is -0.507 e. The molecule has 0 heterocycles. The van der Waals surface area contributed by atoms with E-state index in [1.807, 2.05) is 13.2 Å². The van der Waals surface area contributed by atoms with E-state index >= 15 is 0 Å². The quantitative estimate of drug-likeness (QED) is 0.850. The second-order valence-electron chi connectivity index (χ2n) is 3.39. The molecule has 0 saturated heterocycles. The van der Waals surface area contributed by atoms with Gasteiger partial charge in [0.15, 0.2) is 0 Å². The molecule has 1 rings (SSSR count). The summed E-state index contributed by atoms with van der Waals surface area (Å²) in [7, 11) is 0.